The lowest BCUT2D eigenvalue weighted by Gasteiger charge is -2.33. The fraction of sp³-hybridized carbons (Fsp3) is 0.917. The van der Waals surface area contributed by atoms with Gasteiger partial charge < -0.3 is 4.90 Å². The summed E-state index contributed by atoms with van der Waals surface area (Å²) in [5, 5.41) is 0. The molecule has 2 fully saturated rings. The van der Waals surface area contributed by atoms with Gasteiger partial charge in [-0.25, -0.2) is 0 Å². The number of likely N-dealkylation sites (N-methyl/N-ethyl adjacent to an activating group) is 1. The molecule has 2 rings (SSSR count). The second-order valence-electron chi connectivity index (χ2n) is 4.15. The normalized spacial score (nSPS) is 22.3. The molecule has 0 unspecified atom stereocenters. The third-order valence-corrected chi connectivity index (χ3v) is 3.02. The summed E-state index contributed by atoms with van der Waals surface area (Å²) in [6.45, 7) is 10.8. The molecule has 1 aliphatic heterocycles. The van der Waals surface area contributed by atoms with Crippen LogP contribution in [0.2, 0.25) is 0 Å². The van der Waals surface area contributed by atoms with E-state index in [1.54, 1.807) is 0 Å². The fourth-order valence-electron chi connectivity index (χ4n) is 1.83. The van der Waals surface area contributed by atoms with Gasteiger partial charge in [-0.15, -0.1) is 0 Å². The number of amides is 1. The highest BCUT2D eigenvalue weighted by molar-refractivity contribution is 5.79. The van der Waals surface area contributed by atoms with E-state index in [1.165, 1.54) is 12.8 Å². The van der Waals surface area contributed by atoms with Gasteiger partial charge in [-0.3, -0.25) is 9.69 Å². The van der Waals surface area contributed by atoms with Crippen LogP contribution in [-0.4, -0.2) is 48.4 Å². The molecule has 88 valence electrons. The van der Waals surface area contributed by atoms with Gasteiger partial charge in [0.15, 0.2) is 0 Å². The molecule has 0 aromatic rings. The van der Waals surface area contributed by atoms with Crippen LogP contribution in [0.3, 0.4) is 0 Å². The molecule has 0 aromatic heterocycles. The molecule has 0 spiro atoms. The van der Waals surface area contributed by atoms with E-state index in [0.717, 1.165) is 32.1 Å². The van der Waals surface area contributed by atoms with E-state index in [2.05, 4.69) is 11.8 Å². The Labute approximate surface area is 93.4 Å². The first-order valence-electron chi connectivity index (χ1n) is 6.29. The SMILES string of the molecule is CC.CCN1CCN(CC2CC2)C(=O)C1. The molecule has 1 saturated heterocycles. The summed E-state index contributed by atoms with van der Waals surface area (Å²) in [6.07, 6.45) is 2.67. The third kappa shape index (κ3) is 3.82. The highest BCUT2D eigenvalue weighted by Gasteiger charge is 2.29. The highest BCUT2D eigenvalue weighted by Crippen LogP contribution is 2.30. The largest absolute Gasteiger partial charge is 0.340 e. The number of hydrogen-bond acceptors (Lipinski definition) is 2. The van der Waals surface area contributed by atoms with E-state index in [0.29, 0.717) is 12.5 Å². The molecule has 0 N–H and O–H groups in total. The fourth-order valence-corrected chi connectivity index (χ4v) is 1.83. The Hall–Kier alpha value is -0.570. The molecule has 2 aliphatic rings. The highest BCUT2D eigenvalue weighted by atomic mass is 16.2. The van der Waals surface area contributed by atoms with Crippen molar-refractivity contribution in [2.45, 2.75) is 33.6 Å². The van der Waals surface area contributed by atoms with E-state index in [4.69, 9.17) is 0 Å². The zero-order chi connectivity index (χ0) is 11.3. The zero-order valence-electron chi connectivity index (χ0n) is 10.3. The number of carbonyl (C=O) groups is 1. The van der Waals surface area contributed by atoms with Crippen LogP contribution in [0.25, 0.3) is 0 Å². The van der Waals surface area contributed by atoms with Crippen LogP contribution < -0.4 is 0 Å². The van der Waals surface area contributed by atoms with E-state index >= 15 is 0 Å². The molecule has 1 amide bonds. The van der Waals surface area contributed by atoms with Crippen molar-refractivity contribution in [3.8, 4) is 0 Å². The van der Waals surface area contributed by atoms with Crippen LogP contribution in [0.5, 0.6) is 0 Å². The molecule has 1 aliphatic carbocycles. The maximum atomic E-state index is 11.6. The summed E-state index contributed by atoms with van der Waals surface area (Å²) >= 11 is 0. The van der Waals surface area contributed by atoms with Crippen molar-refractivity contribution in [2.24, 2.45) is 5.92 Å². The molecular weight excluding hydrogens is 188 g/mol. The zero-order valence-corrected chi connectivity index (χ0v) is 10.3. The lowest BCUT2D eigenvalue weighted by atomic mass is 10.2. The Kier molecular flexibility index (Phi) is 5.09. The topological polar surface area (TPSA) is 23.6 Å². The van der Waals surface area contributed by atoms with Crippen molar-refractivity contribution < 1.29 is 4.79 Å². The minimum atomic E-state index is 0.333. The molecule has 1 saturated carbocycles. The van der Waals surface area contributed by atoms with Crippen LogP contribution in [0, 0.1) is 5.92 Å². The molecule has 0 bridgehead atoms. The van der Waals surface area contributed by atoms with Crippen molar-refractivity contribution in [1.82, 2.24) is 9.80 Å². The molecular formula is C12H24N2O. The van der Waals surface area contributed by atoms with E-state index in [1.807, 2.05) is 18.7 Å². The van der Waals surface area contributed by atoms with Crippen molar-refractivity contribution in [2.75, 3.05) is 32.7 Å². The van der Waals surface area contributed by atoms with Crippen LogP contribution in [0.15, 0.2) is 0 Å². The Morgan fingerprint density at radius 2 is 1.93 bits per heavy atom. The summed E-state index contributed by atoms with van der Waals surface area (Å²) in [5.41, 5.74) is 0. The van der Waals surface area contributed by atoms with Gasteiger partial charge in [0.05, 0.1) is 6.54 Å². The number of nitrogens with zero attached hydrogens (tertiary/aromatic N) is 2. The Morgan fingerprint density at radius 1 is 1.27 bits per heavy atom. The van der Waals surface area contributed by atoms with Gasteiger partial charge in [0.1, 0.15) is 0 Å². The van der Waals surface area contributed by atoms with Crippen LogP contribution >= 0.6 is 0 Å². The average Bonchev–Trinajstić information content (AvgIpc) is 3.08. The molecule has 15 heavy (non-hydrogen) atoms. The lowest BCUT2D eigenvalue weighted by Crippen LogP contribution is -2.50. The quantitative estimate of drug-likeness (QED) is 0.709. The molecule has 0 atom stereocenters. The lowest BCUT2D eigenvalue weighted by molar-refractivity contribution is -0.136. The van der Waals surface area contributed by atoms with Crippen molar-refractivity contribution in [3.63, 3.8) is 0 Å². The number of carbonyl (C=O) groups excluding carboxylic acids is 1. The number of rotatable bonds is 3. The predicted molar refractivity (Wildman–Crippen MR) is 62.8 cm³/mol. The maximum Gasteiger partial charge on any atom is 0.236 e. The van der Waals surface area contributed by atoms with Crippen molar-refractivity contribution >= 4 is 5.91 Å². The third-order valence-electron chi connectivity index (χ3n) is 3.02. The summed E-state index contributed by atoms with van der Waals surface area (Å²) in [5.74, 6) is 1.16. The summed E-state index contributed by atoms with van der Waals surface area (Å²) in [4.78, 5) is 15.9. The van der Waals surface area contributed by atoms with Crippen LogP contribution in [0.1, 0.15) is 33.6 Å². The van der Waals surface area contributed by atoms with Crippen LogP contribution in [-0.2, 0) is 4.79 Å². The van der Waals surface area contributed by atoms with E-state index < -0.39 is 0 Å². The van der Waals surface area contributed by atoms with E-state index in [-0.39, 0.29) is 0 Å². The van der Waals surface area contributed by atoms with Crippen LogP contribution in [0.4, 0.5) is 0 Å². The first-order chi connectivity index (χ1) is 7.29. The smallest absolute Gasteiger partial charge is 0.236 e. The number of piperazine rings is 1. The summed E-state index contributed by atoms with van der Waals surface area (Å²) < 4.78 is 0. The predicted octanol–water partition coefficient (Wildman–Crippen LogP) is 1.59. The van der Waals surface area contributed by atoms with E-state index in [9.17, 15) is 4.79 Å². The van der Waals surface area contributed by atoms with Gasteiger partial charge in [0, 0.05) is 19.6 Å². The first kappa shape index (κ1) is 12.5. The Morgan fingerprint density at radius 3 is 2.40 bits per heavy atom. The Bertz CT molecular complexity index is 202. The van der Waals surface area contributed by atoms with Gasteiger partial charge in [0.25, 0.3) is 0 Å². The molecule has 3 heteroatoms. The minimum Gasteiger partial charge on any atom is -0.340 e. The molecule has 3 nitrogen and oxygen atoms in total. The first-order valence-corrected chi connectivity index (χ1v) is 6.29. The second kappa shape index (κ2) is 6.11. The van der Waals surface area contributed by atoms with Gasteiger partial charge in [-0.05, 0) is 25.3 Å². The Balaban J connectivity index is 0.000000531. The maximum absolute atomic E-state index is 11.6. The summed E-state index contributed by atoms with van der Waals surface area (Å²) in [6, 6.07) is 0. The standard InChI is InChI=1S/C10H18N2O.C2H6/c1-2-11-5-6-12(10(13)8-11)7-9-3-4-9;1-2/h9H,2-8H2,1H3;1-2H3. The minimum absolute atomic E-state index is 0.333. The summed E-state index contributed by atoms with van der Waals surface area (Å²) in [7, 11) is 0. The molecule has 0 aromatic carbocycles. The van der Waals surface area contributed by atoms with Crippen molar-refractivity contribution in [1.29, 1.82) is 0 Å². The van der Waals surface area contributed by atoms with Gasteiger partial charge >= 0.3 is 0 Å². The second-order valence-corrected chi connectivity index (χ2v) is 4.15. The van der Waals surface area contributed by atoms with Gasteiger partial charge in [-0.2, -0.15) is 0 Å². The molecule has 0 radical (unpaired) electrons. The monoisotopic (exact) mass is 212 g/mol. The molecule has 1 heterocycles. The number of hydrogen-bond donors (Lipinski definition) is 0. The van der Waals surface area contributed by atoms with Gasteiger partial charge in [0.2, 0.25) is 5.91 Å². The average molecular weight is 212 g/mol. The van der Waals surface area contributed by atoms with Crippen molar-refractivity contribution in [3.05, 3.63) is 0 Å². The van der Waals surface area contributed by atoms with Gasteiger partial charge in [-0.1, -0.05) is 20.8 Å².